The maximum absolute atomic E-state index is 13.3. The van der Waals surface area contributed by atoms with Crippen molar-refractivity contribution >= 4 is 34.5 Å². The van der Waals surface area contributed by atoms with Crippen LogP contribution in [0.15, 0.2) is 11.1 Å². The molecule has 0 unspecified atom stereocenters. The van der Waals surface area contributed by atoms with Crippen molar-refractivity contribution in [3.8, 4) is 0 Å². The highest BCUT2D eigenvalue weighted by Crippen LogP contribution is 2.66. The molecule has 10 nitrogen and oxygen atoms in total. The van der Waals surface area contributed by atoms with E-state index in [2.05, 4.69) is 48.5 Å². The maximum atomic E-state index is 13.3. The fraction of sp³-hybridized carbons (Fsp3) is 0.868. The molecule has 288 valence electrons. The van der Waals surface area contributed by atoms with Gasteiger partial charge in [0.05, 0.1) is 28.6 Å². The molecule has 3 aliphatic rings. The first-order valence-electron chi connectivity index (χ1n) is 19.1. The quantitative estimate of drug-likeness (QED) is 0.0823. The van der Waals surface area contributed by atoms with E-state index in [0.29, 0.717) is 12.0 Å². The zero-order valence-corrected chi connectivity index (χ0v) is 35.4. The minimum absolute atomic E-state index is 0.259. The molecule has 0 aromatic heterocycles. The molecule has 0 saturated heterocycles. The number of rotatable bonds is 14. The molecule has 3 rings (SSSR count). The number of aliphatic hydroxyl groups excluding tert-OH is 1. The van der Waals surface area contributed by atoms with E-state index in [4.69, 9.17) is 23.1 Å². The van der Waals surface area contributed by atoms with Gasteiger partial charge in [-0.2, -0.15) is 0 Å². The molecule has 2 saturated carbocycles. The molecule has 10 atom stereocenters. The second-order valence-electron chi connectivity index (χ2n) is 16.2. The van der Waals surface area contributed by atoms with Crippen LogP contribution in [-0.2, 0) is 37.4 Å². The minimum Gasteiger partial charge on any atom is -0.462 e. The number of hydrogen-bond acceptors (Lipinski definition) is 10. The van der Waals surface area contributed by atoms with E-state index in [1.807, 2.05) is 13.8 Å². The zero-order valence-electron chi connectivity index (χ0n) is 33.4. The Bertz CT molecular complexity index is 1250. The van der Waals surface area contributed by atoms with Crippen molar-refractivity contribution in [3.63, 3.8) is 0 Å². The summed E-state index contributed by atoms with van der Waals surface area (Å²) in [6.45, 7) is 26.2. The lowest BCUT2D eigenvalue weighted by Gasteiger charge is -2.58. The third-order valence-electron chi connectivity index (χ3n) is 13.6. The van der Waals surface area contributed by atoms with Gasteiger partial charge in [-0.05, 0) is 80.5 Å². The van der Waals surface area contributed by atoms with Gasteiger partial charge in [-0.25, -0.2) is 0 Å². The molecule has 0 amide bonds. The van der Waals surface area contributed by atoms with Gasteiger partial charge in [0.15, 0.2) is 16.6 Å². The van der Waals surface area contributed by atoms with Crippen LogP contribution in [-0.4, -0.2) is 87.0 Å². The van der Waals surface area contributed by atoms with Crippen molar-refractivity contribution in [3.05, 3.63) is 11.1 Å². The summed E-state index contributed by atoms with van der Waals surface area (Å²) in [6, 6.07) is 5.42. The van der Waals surface area contributed by atoms with E-state index in [1.165, 1.54) is 20.8 Å². The molecule has 2 N–H and O–H groups in total. The Hall–Kier alpha value is -1.58. The minimum atomic E-state index is -2.22. The van der Waals surface area contributed by atoms with Crippen LogP contribution in [0.5, 0.6) is 0 Å². The summed E-state index contributed by atoms with van der Waals surface area (Å²) >= 11 is 0. The zero-order chi connectivity index (χ0) is 38.2. The molecule has 0 aromatic rings. The van der Waals surface area contributed by atoms with Gasteiger partial charge < -0.3 is 33.3 Å². The van der Waals surface area contributed by atoms with Gasteiger partial charge in [0.25, 0.3) is 0 Å². The maximum Gasteiger partial charge on any atom is 0.303 e. The van der Waals surface area contributed by atoms with Crippen LogP contribution in [0.25, 0.3) is 0 Å². The SMILES string of the molecule is CC[Si](CC)(CC)O[C@H]1C[C@]2(C(C)(C)O)C(=C1C)[C@@H](O)[C@H](OC(C)=O)[C@@]1(C)[C@@H]([C@H](C)[C@@H](O[Si](CC)(CC)CC)C[C@@H]1OC(C)=O)[C@@H]2OC(C)=O. The van der Waals surface area contributed by atoms with Gasteiger partial charge in [0, 0.05) is 33.1 Å². The van der Waals surface area contributed by atoms with Crippen LogP contribution in [0, 0.1) is 22.7 Å². The smallest absolute Gasteiger partial charge is 0.303 e. The Kier molecular flexibility index (Phi) is 13.5. The van der Waals surface area contributed by atoms with E-state index in [9.17, 15) is 24.6 Å². The van der Waals surface area contributed by atoms with Gasteiger partial charge in [-0.1, -0.05) is 55.4 Å². The normalized spacial score (nSPS) is 34.8. The number of carbonyl (C=O) groups is 3. The molecule has 0 aromatic carbocycles. The largest absolute Gasteiger partial charge is 0.462 e. The summed E-state index contributed by atoms with van der Waals surface area (Å²) in [5, 5.41) is 25.4. The molecule has 12 heteroatoms. The van der Waals surface area contributed by atoms with Gasteiger partial charge in [0.2, 0.25) is 0 Å². The third kappa shape index (κ3) is 7.32. The van der Waals surface area contributed by atoms with Crippen molar-refractivity contribution in [2.24, 2.45) is 22.7 Å². The molecule has 0 spiro atoms. The Labute approximate surface area is 303 Å². The monoisotopic (exact) mass is 740 g/mol. The van der Waals surface area contributed by atoms with E-state index >= 15 is 0 Å². The van der Waals surface area contributed by atoms with Crippen LogP contribution < -0.4 is 0 Å². The van der Waals surface area contributed by atoms with E-state index in [0.717, 1.165) is 41.8 Å². The van der Waals surface area contributed by atoms with Crippen LogP contribution in [0.2, 0.25) is 36.3 Å². The molecule has 0 aliphatic heterocycles. The number of carbonyl (C=O) groups excluding carboxylic acids is 3. The van der Waals surface area contributed by atoms with Crippen molar-refractivity contribution in [1.82, 2.24) is 0 Å². The molecule has 0 heterocycles. The second-order valence-corrected chi connectivity index (χ2v) is 25.6. The fourth-order valence-electron chi connectivity index (χ4n) is 10.2. The standard InChI is InChI=1S/C38H68O10Si2/c1-15-49(16-2,17-3)47-28-21-30(44-25(9)39)37(14)32(23(28)7)34(45-26(10)40)38(36(12,13)43)22-29(48-50(18-4,19-5)20-6)24(8)31(38)33(42)35(37)46-27(11)41/h23,28-30,32-35,42-43H,15-22H2,1-14H3/t23-,28+,29+,30+,32+,33-,34+,35+,37-,38+/m1/s1. The summed E-state index contributed by atoms with van der Waals surface area (Å²) in [5.74, 6) is -2.67. The highest BCUT2D eigenvalue weighted by atomic mass is 28.4. The summed E-state index contributed by atoms with van der Waals surface area (Å²) in [6.07, 6.45) is -4.81. The van der Waals surface area contributed by atoms with E-state index < -0.39 is 93.5 Å². The Balaban J connectivity index is 2.52. The Morgan fingerprint density at radius 2 is 1.24 bits per heavy atom. The Morgan fingerprint density at radius 1 is 0.800 bits per heavy atom. The van der Waals surface area contributed by atoms with Crippen molar-refractivity contribution < 1.29 is 47.7 Å². The first-order valence-corrected chi connectivity index (χ1v) is 24.2. The highest BCUT2D eigenvalue weighted by Gasteiger charge is 2.74. The summed E-state index contributed by atoms with van der Waals surface area (Å²) in [7, 11) is -4.44. The van der Waals surface area contributed by atoms with Crippen LogP contribution in [0.1, 0.15) is 110 Å². The first kappa shape index (κ1) is 42.8. The molecule has 0 bridgehead atoms. The van der Waals surface area contributed by atoms with Gasteiger partial charge in [-0.15, -0.1) is 0 Å². The van der Waals surface area contributed by atoms with Crippen LogP contribution >= 0.6 is 0 Å². The number of esters is 3. The Morgan fingerprint density at radius 3 is 1.66 bits per heavy atom. The summed E-state index contributed by atoms with van der Waals surface area (Å²) in [5.41, 5.74) is -2.94. The molecule has 2 fully saturated rings. The van der Waals surface area contributed by atoms with Crippen LogP contribution in [0.3, 0.4) is 0 Å². The number of aliphatic hydroxyl groups is 2. The highest BCUT2D eigenvalue weighted by molar-refractivity contribution is 6.74. The molecule has 3 aliphatic carbocycles. The van der Waals surface area contributed by atoms with Crippen molar-refractivity contribution in [1.29, 1.82) is 0 Å². The number of ether oxygens (including phenoxy) is 3. The fourth-order valence-corrected chi connectivity index (χ4v) is 16.1. The molecular formula is C38H68O10Si2. The molecular weight excluding hydrogens is 673 g/mol. The van der Waals surface area contributed by atoms with E-state index in [-0.39, 0.29) is 12.3 Å². The average molecular weight is 741 g/mol. The summed E-state index contributed by atoms with van der Waals surface area (Å²) < 4.78 is 33.2. The predicted molar refractivity (Wildman–Crippen MR) is 198 cm³/mol. The topological polar surface area (TPSA) is 138 Å². The average Bonchev–Trinajstić information content (AvgIpc) is 3.31. The molecule has 0 radical (unpaired) electrons. The van der Waals surface area contributed by atoms with Gasteiger partial charge in [0.1, 0.15) is 24.4 Å². The first-order chi connectivity index (χ1) is 23.1. The lowest BCUT2D eigenvalue weighted by molar-refractivity contribution is -0.238. The number of fused-ring (bicyclic) bond motifs is 2. The predicted octanol–water partition coefficient (Wildman–Crippen LogP) is 7.08. The third-order valence-corrected chi connectivity index (χ3v) is 22.9. The lowest BCUT2D eigenvalue weighted by atomic mass is 9.52. The number of hydrogen-bond donors (Lipinski definition) is 2. The van der Waals surface area contributed by atoms with Gasteiger partial charge in [-0.3, -0.25) is 14.4 Å². The lowest BCUT2D eigenvalue weighted by Crippen LogP contribution is -2.66. The summed E-state index contributed by atoms with van der Waals surface area (Å²) in [4.78, 5) is 39.2. The molecule has 50 heavy (non-hydrogen) atoms. The van der Waals surface area contributed by atoms with Gasteiger partial charge >= 0.3 is 17.9 Å². The van der Waals surface area contributed by atoms with Crippen molar-refractivity contribution in [2.45, 2.75) is 188 Å². The second kappa shape index (κ2) is 15.8. The van der Waals surface area contributed by atoms with Crippen LogP contribution in [0.4, 0.5) is 0 Å². The van der Waals surface area contributed by atoms with E-state index in [1.54, 1.807) is 13.8 Å². The van der Waals surface area contributed by atoms with Crippen molar-refractivity contribution in [2.75, 3.05) is 0 Å².